The Morgan fingerprint density at radius 3 is 2.29 bits per heavy atom. The number of esters is 2. The molecule has 0 aliphatic carbocycles. The molecule has 0 saturated heterocycles. The summed E-state index contributed by atoms with van der Waals surface area (Å²) in [6.07, 6.45) is 1.47. The van der Waals surface area contributed by atoms with Gasteiger partial charge >= 0.3 is 11.9 Å². The van der Waals surface area contributed by atoms with E-state index in [2.05, 4.69) is 20.9 Å². The highest BCUT2D eigenvalue weighted by atomic mass is 79.9. The number of carbonyl (C=O) groups is 2. The molecule has 0 aliphatic heterocycles. The molecule has 24 heavy (non-hydrogen) atoms. The van der Waals surface area contributed by atoms with Gasteiger partial charge in [0.15, 0.2) is 11.4 Å². The van der Waals surface area contributed by atoms with Gasteiger partial charge < -0.3 is 14.0 Å². The number of carbonyl (C=O) groups excluding carboxylic acids is 2. The van der Waals surface area contributed by atoms with E-state index in [0.29, 0.717) is 18.8 Å². The summed E-state index contributed by atoms with van der Waals surface area (Å²) in [6, 6.07) is 7.73. The lowest BCUT2D eigenvalue weighted by atomic mass is 10.2. The Morgan fingerprint density at radius 1 is 1.12 bits per heavy atom. The molecular formula is C17H19BrN2O4. The third-order valence-corrected chi connectivity index (χ3v) is 4.06. The molecule has 7 heteroatoms. The van der Waals surface area contributed by atoms with E-state index in [9.17, 15) is 9.59 Å². The Morgan fingerprint density at radius 2 is 1.75 bits per heavy atom. The monoisotopic (exact) mass is 394 g/mol. The molecular weight excluding hydrogens is 376 g/mol. The molecule has 0 unspecified atom stereocenters. The maximum Gasteiger partial charge on any atom is 0.359 e. The van der Waals surface area contributed by atoms with E-state index < -0.39 is 11.9 Å². The zero-order valence-electron chi connectivity index (χ0n) is 13.8. The van der Waals surface area contributed by atoms with Crippen LogP contribution in [0, 0.1) is 0 Å². The molecule has 0 radical (unpaired) electrons. The van der Waals surface area contributed by atoms with Crippen LogP contribution < -0.4 is 0 Å². The van der Waals surface area contributed by atoms with Gasteiger partial charge in [-0.2, -0.15) is 0 Å². The van der Waals surface area contributed by atoms with Crippen LogP contribution in [0.4, 0.5) is 0 Å². The van der Waals surface area contributed by atoms with Gasteiger partial charge in [0.2, 0.25) is 0 Å². The number of hydrogen-bond donors (Lipinski definition) is 0. The summed E-state index contributed by atoms with van der Waals surface area (Å²) in [5.74, 6) is -0.606. The Kier molecular flexibility index (Phi) is 6.14. The molecule has 0 atom stereocenters. The zero-order chi connectivity index (χ0) is 17.7. The van der Waals surface area contributed by atoms with Gasteiger partial charge in [-0.1, -0.05) is 35.0 Å². The largest absolute Gasteiger partial charge is 0.464 e. The highest BCUT2D eigenvalue weighted by Crippen LogP contribution is 2.19. The number of hydrogen-bond acceptors (Lipinski definition) is 5. The molecule has 0 amide bonds. The second-order valence-electron chi connectivity index (χ2n) is 5.17. The normalized spacial score (nSPS) is 10.5. The average molecular weight is 395 g/mol. The zero-order valence-corrected chi connectivity index (χ0v) is 15.4. The molecule has 2 rings (SSSR count). The first-order valence-electron chi connectivity index (χ1n) is 7.52. The summed E-state index contributed by atoms with van der Waals surface area (Å²) in [5.41, 5.74) is 1.09. The fraction of sp³-hybridized carbons (Fsp3) is 0.353. The van der Waals surface area contributed by atoms with Gasteiger partial charge in [0, 0.05) is 17.4 Å². The van der Waals surface area contributed by atoms with E-state index in [-0.39, 0.29) is 11.4 Å². The topological polar surface area (TPSA) is 70.4 Å². The van der Waals surface area contributed by atoms with E-state index in [4.69, 9.17) is 9.47 Å². The predicted molar refractivity (Wildman–Crippen MR) is 92.1 cm³/mol. The lowest BCUT2D eigenvalue weighted by Gasteiger charge is -2.11. The third-order valence-electron chi connectivity index (χ3n) is 3.53. The van der Waals surface area contributed by atoms with E-state index in [1.807, 2.05) is 31.2 Å². The molecule has 0 fully saturated rings. The van der Waals surface area contributed by atoms with Crippen LogP contribution in [0.3, 0.4) is 0 Å². The molecule has 1 heterocycles. The van der Waals surface area contributed by atoms with Crippen LogP contribution in [0.25, 0.3) is 0 Å². The maximum absolute atomic E-state index is 12.2. The first-order valence-corrected chi connectivity index (χ1v) is 8.31. The summed E-state index contributed by atoms with van der Waals surface area (Å²) < 4.78 is 12.3. The van der Waals surface area contributed by atoms with E-state index in [0.717, 1.165) is 16.5 Å². The smallest absolute Gasteiger partial charge is 0.359 e. The quantitative estimate of drug-likeness (QED) is 0.703. The number of aromatic nitrogens is 2. The van der Waals surface area contributed by atoms with Crippen molar-refractivity contribution in [1.29, 1.82) is 0 Å². The Balaban J connectivity index is 2.56. The number of nitrogens with zero attached hydrogens (tertiary/aromatic N) is 2. The Hall–Kier alpha value is -2.15. The molecule has 2 aromatic rings. The van der Waals surface area contributed by atoms with Gasteiger partial charge in [-0.3, -0.25) is 0 Å². The fourth-order valence-corrected chi connectivity index (χ4v) is 2.66. The van der Waals surface area contributed by atoms with Gasteiger partial charge in [-0.05, 0) is 24.1 Å². The fourth-order valence-electron chi connectivity index (χ4n) is 2.40. The lowest BCUT2D eigenvalue weighted by Crippen LogP contribution is -2.17. The molecule has 0 aliphatic rings. The van der Waals surface area contributed by atoms with Gasteiger partial charge in [0.1, 0.15) is 5.82 Å². The number of rotatable bonds is 6. The van der Waals surface area contributed by atoms with Crippen LogP contribution in [-0.4, -0.2) is 35.7 Å². The molecule has 0 saturated carbocycles. The Bertz CT molecular complexity index is 738. The summed E-state index contributed by atoms with van der Waals surface area (Å²) >= 11 is 3.40. The van der Waals surface area contributed by atoms with Crippen molar-refractivity contribution < 1.29 is 19.1 Å². The van der Waals surface area contributed by atoms with Crippen molar-refractivity contribution in [2.24, 2.45) is 0 Å². The van der Waals surface area contributed by atoms with Crippen molar-refractivity contribution in [3.63, 3.8) is 0 Å². The maximum atomic E-state index is 12.2. The van der Waals surface area contributed by atoms with Gasteiger partial charge in [0.05, 0.1) is 14.2 Å². The van der Waals surface area contributed by atoms with Crippen LogP contribution >= 0.6 is 15.9 Å². The first kappa shape index (κ1) is 18.2. The number of halogens is 1. The van der Waals surface area contributed by atoms with Crippen LogP contribution in [-0.2, 0) is 22.4 Å². The number of imidazole rings is 1. The minimum atomic E-state index is -0.651. The van der Waals surface area contributed by atoms with Crippen molar-refractivity contribution in [3.8, 4) is 0 Å². The van der Waals surface area contributed by atoms with Crippen molar-refractivity contribution in [2.75, 3.05) is 14.2 Å². The molecule has 1 aromatic carbocycles. The molecule has 128 valence electrons. The highest BCUT2D eigenvalue weighted by molar-refractivity contribution is 9.10. The number of benzene rings is 1. The lowest BCUT2D eigenvalue weighted by molar-refractivity contribution is 0.0544. The van der Waals surface area contributed by atoms with Crippen LogP contribution in [0.15, 0.2) is 28.7 Å². The van der Waals surface area contributed by atoms with E-state index in [1.165, 1.54) is 14.2 Å². The number of aryl methyl sites for hydroxylation is 1. The number of ether oxygens (including phenoxy) is 2. The second-order valence-corrected chi connectivity index (χ2v) is 6.09. The average Bonchev–Trinajstić information content (AvgIpc) is 2.94. The molecule has 0 spiro atoms. The highest BCUT2D eigenvalue weighted by Gasteiger charge is 2.28. The summed E-state index contributed by atoms with van der Waals surface area (Å²) in [5, 5.41) is 0. The van der Waals surface area contributed by atoms with E-state index in [1.54, 1.807) is 4.57 Å². The summed E-state index contributed by atoms with van der Waals surface area (Å²) in [7, 11) is 2.54. The molecule has 0 N–H and O–H groups in total. The summed E-state index contributed by atoms with van der Waals surface area (Å²) in [6.45, 7) is 2.42. The minimum absolute atomic E-state index is 0.00934. The standard InChI is InChI=1S/C17H19BrN2O4/c1-4-5-13-19-14(16(21)23-2)15(17(22)24-3)20(13)10-11-6-8-12(18)9-7-11/h6-9H,4-5,10H2,1-3H3. The predicted octanol–water partition coefficient (Wildman–Crippen LogP) is 3.22. The van der Waals surface area contributed by atoms with Gasteiger partial charge in [-0.25, -0.2) is 14.6 Å². The molecule has 0 bridgehead atoms. The second kappa shape index (κ2) is 8.10. The summed E-state index contributed by atoms with van der Waals surface area (Å²) in [4.78, 5) is 28.6. The minimum Gasteiger partial charge on any atom is -0.464 e. The SMILES string of the molecule is CCCc1nc(C(=O)OC)c(C(=O)OC)n1Cc1ccc(Br)cc1. The third kappa shape index (κ3) is 3.84. The van der Waals surface area contributed by atoms with Crippen molar-refractivity contribution in [3.05, 3.63) is 51.5 Å². The first-order chi connectivity index (χ1) is 11.5. The van der Waals surface area contributed by atoms with Gasteiger partial charge in [-0.15, -0.1) is 0 Å². The van der Waals surface area contributed by atoms with Crippen LogP contribution in [0.1, 0.15) is 45.7 Å². The van der Waals surface area contributed by atoms with Crippen LogP contribution in [0.5, 0.6) is 0 Å². The number of methoxy groups -OCH3 is 2. The van der Waals surface area contributed by atoms with Gasteiger partial charge in [0.25, 0.3) is 0 Å². The van der Waals surface area contributed by atoms with Crippen molar-refractivity contribution in [1.82, 2.24) is 9.55 Å². The Labute approximate surface area is 148 Å². The molecule has 6 nitrogen and oxygen atoms in total. The van der Waals surface area contributed by atoms with E-state index >= 15 is 0 Å². The van der Waals surface area contributed by atoms with Crippen molar-refractivity contribution >= 4 is 27.9 Å². The molecule has 1 aromatic heterocycles. The van der Waals surface area contributed by atoms with Crippen LogP contribution in [0.2, 0.25) is 0 Å². The van der Waals surface area contributed by atoms with Crippen molar-refractivity contribution in [2.45, 2.75) is 26.3 Å².